The maximum atomic E-state index is 13.8. The van der Waals surface area contributed by atoms with Crippen molar-refractivity contribution >= 4 is 34.4 Å². The molecule has 8 nitrogen and oxygen atoms in total. The van der Waals surface area contributed by atoms with Gasteiger partial charge in [0, 0.05) is 25.2 Å². The molecule has 2 amide bonds. The van der Waals surface area contributed by atoms with Gasteiger partial charge in [-0.05, 0) is 35.4 Å². The molecule has 0 aliphatic carbocycles. The normalized spacial score (nSPS) is 11.8. The summed E-state index contributed by atoms with van der Waals surface area (Å²) in [6.45, 7) is 0.844. The van der Waals surface area contributed by atoms with E-state index in [4.69, 9.17) is 16.3 Å². The van der Waals surface area contributed by atoms with Crippen molar-refractivity contribution in [3.63, 3.8) is 0 Å². The van der Waals surface area contributed by atoms with Crippen molar-refractivity contribution in [2.45, 2.75) is 19.1 Å². The predicted molar refractivity (Wildman–Crippen MR) is 134 cm³/mol. The number of ether oxygens (including phenoxy) is 1. The molecule has 3 aromatic carbocycles. The molecule has 0 saturated carbocycles. The first-order chi connectivity index (χ1) is 17.1. The lowest BCUT2D eigenvalue weighted by atomic mass is 10.0. The Hall–Kier alpha value is -3.75. The van der Waals surface area contributed by atoms with E-state index in [1.165, 1.54) is 0 Å². The summed E-state index contributed by atoms with van der Waals surface area (Å²) < 4.78 is 6.63. The first-order valence-electron chi connectivity index (χ1n) is 11.2. The van der Waals surface area contributed by atoms with Gasteiger partial charge >= 0.3 is 0 Å². The largest absolute Gasteiger partial charge is 0.383 e. The number of amides is 2. The number of carbonyl (C=O) groups excluding carboxylic acids is 2. The molecule has 1 N–H and O–H groups in total. The van der Waals surface area contributed by atoms with Crippen molar-refractivity contribution in [2.24, 2.45) is 0 Å². The van der Waals surface area contributed by atoms with E-state index in [0.29, 0.717) is 29.3 Å². The number of carbonyl (C=O) groups is 2. The topological polar surface area (TPSA) is 89.4 Å². The molecule has 0 bridgehead atoms. The molecule has 0 radical (unpaired) electrons. The zero-order chi connectivity index (χ0) is 24.6. The van der Waals surface area contributed by atoms with Gasteiger partial charge in [-0.2, -0.15) is 0 Å². The fraction of sp³-hybridized carbons (Fsp3) is 0.231. The third-order valence-electron chi connectivity index (χ3n) is 5.57. The molecule has 180 valence electrons. The van der Waals surface area contributed by atoms with Crippen molar-refractivity contribution in [1.82, 2.24) is 25.2 Å². The maximum Gasteiger partial charge on any atom is 0.247 e. The van der Waals surface area contributed by atoms with Crippen LogP contribution in [0.4, 0.5) is 0 Å². The molecule has 1 atom stereocenters. The summed E-state index contributed by atoms with van der Waals surface area (Å²) in [4.78, 5) is 28.8. The van der Waals surface area contributed by atoms with Gasteiger partial charge in [-0.25, -0.2) is 4.68 Å². The first-order valence-corrected chi connectivity index (χ1v) is 11.6. The molecule has 0 unspecified atom stereocenters. The zero-order valence-corrected chi connectivity index (χ0v) is 20.1. The van der Waals surface area contributed by atoms with Crippen LogP contribution in [0.5, 0.6) is 0 Å². The molecule has 0 aliphatic heterocycles. The molecule has 0 aliphatic rings. The maximum absolute atomic E-state index is 13.8. The minimum atomic E-state index is -0.883. The number of nitrogens with one attached hydrogen (secondary N) is 1. The van der Waals surface area contributed by atoms with Crippen LogP contribution in [0.15, 0.2) is 78.9 Å². The fourth-order valence-corrected chi connectivity index (χ4v) is 3.97. The first kappa shape index (κ1) is 24.4. The van der Waals surface area contributed by atoms with Crippen LogP contribution < -0.4 is 5.32 Å². The fourth-order valence-electron chi connectivity index (χ4n) is 3.85. The number of fused-ring (bicyclic) bond motifs is 1. The smallest absolute Gasteiger partial charge is 0.247 e. The quantitative estimate of drug-likeness (QED) is 0.342. The Morgan fingerprint density at radius 3 is 2.49 bits per heavy atom. The molecule has 0 fully saturated rings. The number of methoxy groups -OCH3 is 1. The number of nitrogens with zero attached hydrogens (tertiary/aromatic N) is 4. The molecule has 0 spiro atoms. The van der Waals surface area contributed by atoms with E-state index in [9.17, 15) is 9.59 Å². The second-order valence-corrected chi connectivity index (χ2v) is 8.42. The minimum Gasteiger partial charge on any atom is -0.383 e. The van der Waals surface area contributed by atoms with Crippen molar-refractivity contribution < 1.29 is 14.3 Å². The summed E-state index contributed by atoms with van der Waals surface area (Å²) in [7, 11) is 1.57. The number of halogens is 1. The Bertz CT molecular complexity index is 1280. The summed E-state index contributed by atoms with van der Waals surface area (Å²) in [5.41, 5.74) is 2.99. The van der Waals surface area contributed by atoms with Crippen LogP contribution in [0.1, 0.15) is 17.2 Å². The van der Waals surface area contributed by atoms with E-state index in [2.05, 4.69) is 15.6 Å². The number of aromatic nitrogens is 3. The highest BCUT2D eigenvalue weighted by Crippen LogP contribution is 2.26. The lowest BCUT2D eigenvalue weighted by molar-refractivity contribution is -0.142. The van der Waals surface area contributed by atoms with Crippen molar-refractivity contribution in [2.75, 3.05) is 20.3 Å². The average Bonchev–Trinajstić information content (AvgIpc) is 3.28. The van der Waals surface area contributed by atoms with Crippen LogP contribution in [-0.4, -0.2) is 52.0 Å². The third-order valence-corrected chi connectivity index (χ3v) is 5.82. The predicted octanol–water partition coefficient (Wildman–Crippen LogP) is 3.62. The summed E-state index contributed by atoms with van der Waals surface area (Å²) in [6.07, 6.45) is 0. The molecule has 4 aromatic rings. The van der Waals surface area contributed by atoms with Gasteiger partial charge in [0.2, 0.25) is 11.8 Å². The van der Waals surface area contributed by atoms with E-state index in [1.54, 1.807) is 41.0 Å². The molecular weight excluding hydrogens is 466 g/mol. The summed E-state index contributed by atoms with van der Waals surface area (Å²) in [5, 5.41) is 11.7. The highest BCUT2D eigenvalue weighted by molar-refractivity contribution is 6.30. The number of hydrogen-bond acceptors (Lipinski definition) is 5. The Labute approximate surface area is 208 Å². The van der Waals surface area contributed by atoms with Gasteiger partial charge in [0.15, 0.2) is 0 Å². The Balaban J connectivity index is 1.71. The SMILES string of the molecule is COCCNC(=O)[C@H](c1ccc(Cl)cc1)N(Cc1ccccc1)C(=O)Cn1nnc2ccccc21. The Morgan fingerprint density at radius 1 is 1.03 bits per heavy atom. The third kappa shape index (κ3) is 6.03. The van der Waals surface area contributed by atoms with E-state index in [-0.39, 0.29) is 24.9 Å². The van der Waals surface area contributed by atoms with Gasteiger partial charge in [-0.3, -0.25) is 9.59 Å². The summed E-state index contributed by atoms with van der Waals surface area (Å²) in [5.74, 6) is -0.580. The lowest BCUT2D eigenvalue weighted by Gasteiger charge is -2.31. The van der Waals surface area contributed by atoms with E-state index in [1.807, 2.05) is 54.6 Å². The molecule has 1 aromatic heterocycles. The van der Waals surface area contributed by atoms with Gasteiger partial charge in [-0.1, -0.05) is 71.4 Å². The average molecular weight is 492 g/mol. The Kier molecular flexibility index (Phi) is 8.07. The molecule has 9 heteroatoms. The van der Waals surface area contributed by atoms with Gasteiger partial charge < -0.3 is 15.0 Å². The summed E-state index contributed by atoms with van der Waals surface area (Å²) >= 11 is 6.10. The van der Waals surface area contributed by atoms with Gasteiger partial charge in [0.25, 0.3) is 0 Å². The number of hydrogen-bond donors (Lipinski definition) is 1. The van der Waals surface area contributed by atoms with Gasteiger partial charge in [-0.15, -0.1) is 5.10 Å². The van der Waals surface area contributed by atoms with Crippen LogP contribution in [-0.2, 0) is 27.4 Å². The minimum absolute atomic E-state index is 0.0667. The monoisotopic (exact) mass is 491 g/mol. The molecule has 35 heavy (non-hydrogen) atoms. The van der Waals surface area contributed by atoms with Crippen molar-refractivity contribution in [3.8, 4) is 0 Å². The second-order valence-electron chi connectivity index (χ2n) is 7.98. The molecular formula is C26H26ClN5O3. The number of rotatable bonds is 10. The number of para-hydroxylation sites is 1. The van der Waals surface area contributed by atoms with E-state index < -0.39 is 6.04 Å². The standard InChI is InChI=1S/C26H26ClN5O3/c1-35-16-15-28-26(34)25(20-11-13-21(27)14-12-20)31(17-19-7-3-2-4-8-19)24(33)18-32-23-10-6-5-9-22(23)29-30-32/h2-14,25H,15-18H2,1H3,(H,28,34)/t25-/m0/s1. The molecule has 0 saturated heterocycles. The van der Waals surface area contributed by atoms with Gasteiger partial charge in [0.05, 0.1) is 12.1 Å². The van der Waals surface area contributed by atoms with Crippen LogP contribution in [0.3, 0.4) is 0 Å². The molecule has 1 heterocycles. The highest BCUT2D eigenvalue weighted by Gasteiger charge is 2.32. The van der Waals surface area contributed by atoms with Gasteiger partial charge in [0.1, 0.15) is 18.1 Å². The van der Waals surface area contributed by atoms with Crippen LogP contribution in [0.2, 0.25) is 5.02 Å². The van der Waals surface area contributed by atoms with Crippen molar-refractivity contribution in [1.29, 1.82) is 0 Å². The van der Waals surface area contributed by atoms with E-state index in [0.717, 1.165) is 11.1 Å². The lowest BCUT2D eigenvalue weighted by Crippen LogP contribution is -2.45. The van der Waals surface area contributed by atoms with Crippen LogP contribution in [0.25, 0.3) is 11.0 Å². The summed E-state index contributed by atoms with van der Waals surface area (Å²) in [6, 6.07) is 23.1. The molecule has 4 rings (SSSR count). The Morgan fingerprint density at radius 2 is 1.74 bits per heavy atom. The zero-order valence-electron chi connectivity index (χ0n) is 19.3. The second kappa shape index (κ2) is 11.6. The van der Waals surface area contributed by atoms with Crippen LogP contribution >= 0.6 is 11.6 Å². The highest BCUT2D eigenvalue weighted by atomic mass is 35.5. The van der Waals surface area contributed by atoms with E-state index >= 15 is 0 Å². The van der Waals surface area contributed by atoms with Crippen molar-refractivity contribution in [3.05, 3.63) is 95.0 Å². The number of benzene rings is 3. The van der Waals surface area contributed by atoms with Crippen LogP contribution in [0, 0.1) is 0 Å².